The number of likely N-dealkylation sites (tertiary alicyclic amines) is 1. The van der Waals surface area contributed by atoms with Crippen molar-refractivity contribution in [3.8, 4) is 0 Å². The van der Waals surface area contributed by atoms with Gasteiger partial charge in [0.25, 0.3) is 0 Å². The number of nitrogens with one attached hydrogen (secondary N) is 1. The predicted molar refractivity (Wildman–Crippen MR) is 89.3 cm³/mol. The molecule has 2 N–H and O–H groups in total. The van der Waals surface area contributed by atoms with Crippen LogP contribution >= 0.6 is 0 Å². The predicted octanol–water partition coefficient (Wildman–Crippen LogP) is 2.03. The Morgan fingerprint density at radius 3 is 2.54 bits per heavy atom. The van der Waals surface area contributed by atoms with Gasteiger partial charge in [-0.2, -0.15) is 0 Å². The van der Waals surface area contributed by atoms with Crippen LogP contribution in [0, 0.1) is 6.92 Å². The molecule has 24 heavy (non-hydrogen) atoms. The summed E-state index contributed by atoms with van der Waals surface area (Å²) in [4.78, 5) is 36.7. The Morgan fingerprint density at radius 1 is 1.29 bits per heavy atom. The number of nitrogens with zero attached hydrogens (tertiary/aromatic N) is 1. The molecule has 2 atom stereocenters. The lowest BCUT2D eigenvalue weighted by molar-refractivity contribution is -0.140. The molecule has 1 fully saturated rings. The van der Waals surface area contributed by atoms with Crippen molar-refractivity contribution in [1.82, 2.24) is 10.2 Å². The number of carboxylic acid groups (broad SMARTS) is 1. The molecule has 0 radical (unpaired) electrons. The number of hydrogen-bond acceptors (Lipinski definition) is 3. The maximum absolute atomic E-state index is 12.7. The molecule has 6 heteroatoms. The van der Waals surface area contributed by atoms with Crippen molar-refractivity contribution in [2.24, 2.45) is 0 Å². The number of carbonyl (C=O) groups is 3. The molecule has 6 nitrogen and oxygen atoms in total. The smallest absolute Gasteiger partial charge is 0.305 e. The van der Waals surface area contributed by atoms with Gasteiger partial charge in [0.05, 0.1) is 18.9 Å². The molecular formula is C18H24N2O4. The fourth-order valence-corrected chi connectivity index (χ4v) is 3.17. The van der Waals surface area contributed by atoms with Gasteiger partial charge in [-0.1, -0.05) is 29.8 Å². The summed E-state index contributed by atoms with van der Waals surface area (Å²) in [5.74, 6) is -1.20. The third kappa shape index (κ3) is 4.81. The highest BCUT2D eigenvalue weighted by Gasteiger charge is 2.31. The average Bonchev–Trinajstić information content (AvgIpc) is 2.94. The lowest BCUT2D eigenvalue weighted by atomic mass is 10.0. The van der Waals surface area contributed by atoms with Crippen LogP contribution in [-0.4, -0.2) is 40.4 Å². The first-order valence-electron chi connectivity index (χ1n) is 8.21. The molecular weight excluding hydrogens is 308 g/mol. The van der Waals surface area contributed by atoms with Gasteiger partial charge in [0.1, 0.15) is 0 Å². The van der Waals surface area contributed by atoms with Crippen molar-refractivity contribution in [3.63, 3.8) is 0 Å². The number of amides is 2. The molecule has 2 amide bonds. The van der Waals surface area contributed by atoms with Crippen molar-refractivity contribution in [1.29, 1.82) is 0 Å². The Hall–Kier alpha value is -2.37. The number of aliphatic carboxylic acids is 1. The van der Waals surface area contributed by atoms with Crippen LogP contribution in [0.3, 0.4) is 0 Å². The highest BCUT2D eigenvalue weighted by Crippen LogP contribution is 2.25. The number of rotatable bonds is 6. The van der Waals surface area contributed by atoms with Gasteiger partial charge in [0.15, 0.2) is 0 Å². The van der Waals surface area contributed by atoms with Gasteiger partial charge < -0.3 is 15.3 Å². The van der Waals surface area contributed by atoms with Gasteiger partial charge in [0, 0.05) is 19.5 Å². The quantitative estimate of drug-likeness (QED) is 0.834. The summed E-state index contributed by atoms with van der Waals surface area (Å²) >= 11 is 0. The van der Waals surface area contributed by atoms with Crippen LogP contribution in [0.2, 0.25) is 0 Å². The molecule has 130 valence electrons. The second-order valence-electron chi connectivity index (χ2n) is 6.35. The Balaban J connectivity index is 2.10. The molecule has 0 saturated carbocycles. The Labute approximate surface area is 141 Å². The van der Waals surface area contributed by atoms with Crippen molar-refractivity contribution in [2.45, 2.75) is 51.6 Å². The molecule has 1 saturated heterocycles. The van der Waals surface area contributed by atoms with Crippen LogP contribution in [0.1, 0.15) is 49.8 Å². The van der Waals surface area contributed by atoms with E-state index in [1.54, 1.807) is 4.90 Å². The standard InChI is InChI=1S/C18H24N2O4/c1-12-5-7-14(8-6-12)16(19-13(2)21)11-17(22)20-9-3-4-15(20)10-18(23)24/h5-8,15-16H,3-4,9-11H2,1-2H3,(H,19,21)(H,23,24). The molecule has 0 aliphatic carbocycles. The Kier molecular flexibility index (Phi) is 5.95. The van der Waals surface area contributed by atoms with Gasteiger partial charge in [-0.25, -0.2) is 0 Å². The summed E-state index contributed by atoms with van der Waals surface area (Å²) in [5.41, 5.74) is 1.98. The fraction of sp³-hybridized carbons (Fsp3) is 0.500. The molecule has 1 aliphatic rings. The minimum atomic E-state index is -0.892. The lowest BCUT2D eigenvalue weighted by Gasteiger charge is -2.26. The molecule has 1 aromatic carbocycles. The van der Waals surface area contributed by atoms with E-state index in [1.807, 2.05) is 31.2 Å². The summed E-state index contributed by atoms with van der Waals surface area (Å²) in [7, 11) is 0. The van der Waals surface area contributed by atoms with E-state index in [0.29, 0.717) is 13.0 Å². The monoisotopic (exact) mass is 332 g/mol. The normalized spacial score (nSPS) is 18.2. The van der Waals surface area contributed by atoms with Crippen LogP contribution in [-0.2, 0) is 14.4 Å². The van der Waals surface area contributed by atoms with Crippen LogP contribution in [0.5, 0.6) is 0 Å². The van der Waals surface area contributed by atoms with E-state index < -0.39 is 12.0 Å². The van der Waals surface area contributed by atoms with E-state index in [9.17, 15) is 14.4 Å². The molecule has 1 heterocycles. The maximum atomic E-state index is 12.7. The summed E-state index contributed by atoms with van der Waals surface area (Å²) in [6, 6.07) is 7.05. The number of carboxylic acids is 1. The fourth-order valence-electron chi connectivity index (χ4n) is 3.17. The number of hydrogen-bond donors (Lipinski definition) is 2. The van der Waals surface area contributed by atoms with Crippen LogP contribution in [0.4, 0.5) is 0 Å². The first kappa shape index (κ1) is 18.0. The zero-order chi connectivity index (χ0) is 17.7. The minimum Gasteiger partial charge on any atom is -0.481 e. The molecule has 0 spiro atoms. The van der Waals surface area contributed by atoms with Crippen LogP contribution < -0.4 is 5.32 Å². The first-order chi connectivity index (χ1) is 11.4. The number of aryl methyl sites for hydroxylation is 1. The minimum absolute atomic E-state index is 0.0267. The van der Waals surface area contributed by atoms with E-state index in [1.165, 1.54) is 6.92 Å². The van der Waals surface area contributed by atoms with Crippen molar-refractivity contribution in [3.05, 3.63) is 35.4 Å². The van der Waals surface area contributed by atoms with Gasteiger partial charge in [0.2, 0.25) is 11.8 Å². The van der Waals surface area contributed by atoms with E-state index >= 15 is 0 Å². The van der Waals surface area contributed by atoms with Crippen molar-refractivity contribution < 1.29 is 19.5 Å². The molecule has 1 aliphatic heterocycles. The second-order valence-corrected chi connectivity index (χ2v) is 6.35. The summed E-state index contributed by atoms with van der Waals surface area (Å²) in [6.07, 6.45) is 1.65. The van der Waals surface area contributed by atoms with E-state index in [2.05, 4.69) is 5.32 Å². The molecule has 2 rings (SSSR count). The summed E-state index contributed by atoms with van der Waals surface area (Å²) in [6.45, 7) is 3.98. The maximum Gasteiger partial charge on any atom is 0.305 e. The lowest BCUT2D eigenvalue weighted by Crippen LogP contribution is -2.39. The second kappa shape index (κ2) is 7.95. The third-order valence-electron chi connectivity index (χ3n) is 4.34. The Bertz CT molecular complexity index is 612. The molecule has 0 bridgehead atoms. The number of benzene rings is 1. The van der Waals surface area contributed by atoms with Crippen LogP contribution in [0.15, 0.2) is 24.3 Å². The average molecular weight is 332 g/mol. The number of carbonyl (C=O) groups excluding carboxylic acids is 2. The third-order valence-corrected chi connectivity index (χ3v) is 4.34. The molecule has 0 aromatic heterocycles. The van der Waals surface area contributed by atoms with E-state index in [0.717, 1.165) is 17.5 Å². The molecule has 1 aromatic rings. The van der Waals surface area contributed by atoms with Gasteiger partial charge >= 0.3 is 5.97 Å². The zero-order valence-electron chi connectivity index (χ0n) is 14.1. The summed E-state index contributed by atoms with van der Waals surface area (Å²) < 4.78 is 0. The van der Waals surface area contributed by atoms with Crippen LogP contribution in [0.25, 0.3) is 0 Å². The largest absolute Gasteiger partial charge is 0.481 e. The summed E-state index contributed by atoms with van der Waals surface area (Å²) in [5, 5.41) is 11.8. The van der Waals surface area contributed by atoms with Gasteiger partial charge in [-0.05, 0) is 25.3 Å². The van der Waals surface area contributed by atoms with E-state index in [-0.39, 0.29) is 30.7 Å². The van der Waals surface area contributed by atoms with Gasteiger partial charge in [-0.3, -0.25) is 14.4 Å². The van der Waals surface area contributed by atoms with E-state index in [4.69, 9.17) is 5.11 Å². The van der Waals surface area contributed by atoms with Crippen molar-refractivity contribution in [2.75, 3.05) is 6.54 Å². The highest BCUT2D eigenvalue weighted by molar-refractivity contribution is 5.80. The highest BCUT2D eigenvalue weighted by atomic mass is 16.4. The topological polar surface area (TPSA) is 86.7 Å². The van der Waals surface area contributed by atoms with Crippen molar-refractivity contribution >= 4 is 17.8 Å². The SMILES string of the molecule is CC(=O)NC(CC(=O)N1CCCC1CC(=O)O)c1ccc(C)cc1. The zero-order valence-corrected chi connectivity index (χ0v) is 14.1. The first-order valence-corrected chi connectivity index (χ1v) is 8.21. The molecule has 2 unspecified atom stereocenters. The van der Waals surface area contributed by atoms with Gasteiger partial charge in [-0.15, -0.1) is 0 Å². The Morgan fingerprint density at radius 2 is 1.96 bits per heavy atom.